The van der Waals surface area contributed by atoms with Crippen LogP contribution in [0.1, 0.15) is 0 Å². The highest BCUT2D eigenvalue weighted by Crippen LogP contribution is 2.51. The SMILES string of the molecule is c1cc(-c2ccc3c4c(cccc24)-c2ccccc2-3)cc(-c2ccc3c4c(cccc24)-c2ccccc2-3)c1. The highest BCUT2D eigenvalue weighted by atomic mass is 14.3. The Hall–Kier alpha value is -4.94. The topological polar surface area (TPSA) is 0 Å². The molecule has 0 bridgehead atoms. The van der Waals surface area contributed by atoms with Crippen LogP contribution in [0.2, 0.25) is 0 Å². The zero-order valence-corrected chi connectivity index (χ0v) is 20.7. The second-order valence-corrected chi connectivity index (χ2v) is 10.4. The summed E-state index contributed by atoms with van der Waals surface area (Å²) in [6.07, 6.45) is 0. The molecule has 0 heteroatoms. The van der Waals surface area contributed by atoms with Crippen LogP contribution < -0.4 is 0 Å². The maximum atomic E-state index is 2.37. The van der Waals surface area contributed by atoms with E-state index in [1.165, 1.54) is 88.3 Å². The molecule has 0 fully saturated rings. The predicted molar refractivity (Wildman–Crippen MR) is 161 cm³/mol. The van der Waals surface area contributed by atoms with Crippen molar-refractivity contribution < 1.29 is 0 Å². The van der Waals surface area contributed by atoms with Gasteiger partial charge in [0.1, 0.15) is 0 Å². The Kier molecular flexibility index (Phi) is 3.88. The Morgan fingerprint density at radius 1 is 0.237 bits per heavy atom. The number of hydrogen-bond acceptors (Lipinski definition) is 0. The average Bonchev–Trinajstić information content (AvgIpc) is 3.49. The van der Waals surface area contributed by atoms with Gasteiger partial charge in [-0.3, -0.25) is 0 Å². The highest BCUT2D eigenvalue weighted by molar-refractivity contribution is 6.20. The first-order valence-electron chi connectivity index (χ1n) is 13.3. The zero-order chi connectivity index (χ0) is 24.8. The summed E-state index contributed by atoms with van der Waals surface area (Å²) in [5.41, 5.74) is 15.8. The molecule has 2 aliphatic rings. The molecule has 0 heterocycles. The third kappa shape index (κ3) is 2.54. The summed E-state index contributed by atoms with van der Waals surface area (Å²) in [5, 5.41) is 5.40. The van der Waals surface area contributed by atoms with Crippen LogP contribution in [0.25, 0.3) is 88.3 Å². The second-order valence-electron chi connectivity index (χ2n) is 10.4. The number of hydrogen-bond donors (Lipinski definition) is 0. The van der Waals surface area contributed by atoms with Gasteiger partial charge in [0.25, 0.3) is 0 Å². The summed E-state index contributed by atoms with van der Waals surface area (Å²) < 4.78 is 0. The quantitative estimate of drug-likeness (QED) is 0.232. The summed E-state index contributed by atoms with van der Waals surface area (Å²) in [6, 6.07) is 49.4. The summed E-state index contributed by atoms with van der Waals surface area (Å²) in [5.74, 6) is 0. The van der Waals surface area contributed by atoms with Crippen LogP contribution in [0.4, 0.5) is 0 Å². The first-order valence-corrected chi connectivity index (χ1v) is 13.3. The van der Waals surface area contributed by atoms with Gasteiger partial charge in [-0.2, -0.15) is 0 Å². The van der Waals surface area contributed by atoms with Crippen LogP contribution in [0.3, 0.4) is 0 Å². The Morgan fingerprint density at radius 3 is 1.03 bits per heavy atom. The molecular formula is C38H22. The second kappa shape index (κ2) is 7.31. The molecule has 0 aromatic heterocycles. The van der Waals surface area contributed by atoms with Crippen molar-refractivity contribution in [1.82, 2.24) is 0 Å². The summed E-state index contributed by atoms with van der Waals surface area (Å²) >= 11 is 0. The van der Waals surface area contributed by atoms with Crippen molar-refractivity contribution in [3.8, 4) is 66.8 Å². The minimum atomic E-state index is 1.26. The van der Waals surface area contributed by atoms with Gasteiger partial charge in [0.15, 0.2) is 0 Å². The molecule has 0 radical (unpaired) electrons. The van der Waals surface area contributed by atoms with Crippen molar-refractivity contribution in [2.75, 3.05) is 0 Å². The molecule has 0 atom stereocenters. The molecule has 0 nitrogen and oxygen atoms in total. The smallest absolute Gasteiger partial charge is 0.00201 e. The van der Waals surface area contributed by atoms with Crippen molar-refractivity contribution in [3.05, 3.63) is 133 Å². The molecule has 0 amide bonds. The maximum absolute atomic E-state index is 2.37. The lowest BCUT2D eigenvalue weighted by Gasteiger charge is -2.13. The van der Waals surface area contributed by atoms with Crippen molar-refractivity contribution in [1.29, 1.82) is 0 Å². The monoisotopic (exact) mass is 478 g/mol. The Bertz CT molecular complexity index is 1920. The van der Waals surface area contributed by atoms with Gasteiger partial charge in [0.2, 0.25) is 0 Å². The Morgan fingerprint density at radius 2 is 0.579 bits per heavy atom. The first-order chi connectivity index (χ1) is 18.9. The third-order valence-electron chi connectivity index (χ3n) is 8.58. The van der Waals surface area contributed by atoms with Gasteiger partial charge < -0.3 is 0 Å². The fourth-order valence-electron chi connectivity index (χ4n) is 6.97. The van der Waals surface area contributed by atoms with Gasteiger partial charge in [-0.05, 0) is 94.4 Å². The van der Waals surface area contributed by atoms with Crippen LogP contribution in [0.5, 0.6) is 0 Å². The lowest BCUT2D eigenvalue weighted by atomic mass is 9.90. The molecule has 0 unspecified atom stereocenters. The molecule has 0 saturated carbocycles. The normalized spacial score (nSPS) is 12.2. The van der Waals surface area contributed by atoms with Crippen LogP contribution in [-0.4, -0.2) is 0 Å². The summed E-state index contributed by atoms with van der Waals surface area (Å²) in [4.78, 5) is 0. The third-order valence-corrected chi connectivity index (χ3v) is 8.58. The van der Waals surface area contributed by atoms with Crippen LogP contribution in [-0.2, 0) is 0 Å². The molecule has 0 saturated heterocycles. The molecule has 38 heavy (non-hydrogen) atoms. The fourth-order valence-corrected chi connectivity index (χ4v) is 6.97. The molecular weight excluding hydrogens is 456 g/mol. The summed E-state index contributed by atoms with van der Waals surface area (Å²) in [6.45, 7) is 0. The van der Waals surface area contributed by atoms with Crippen LogP contribution >= 0.6 is 0 Å². The van der Waals surface area contributed by atoms with E-state index in [2.05, 4.69) is 133 Å². The molecule has 2 aliphatic carbocycles. The van der Waals surface area contributed by atoms with E-state index in [4.69, 9.17) is 0 Å². The molecule has 0 aliphatic heterocycles. The standard InChI is InChI=1S/C38H22/c1-3-12-29-27(10-1)33-16-6-14-31-25(18-20-35(29)37(31)33)23-8-5-9-24(22-23)26-19-21-36-30-13-4-2-11-28(30)34-17-7-15-32(26)38(34)36/h1-22H. The minimum absolute atomic E-state index is 1.26. The van der Waals surface area contributed by atoms with Crippen molar-refractivity contribution >= 4 is 21.5 Å². The van der Waals surface area contributed by atoms with E-state index in [-0.39, 0.29) is 0 Å². The maximum Gasteiger partial charge on any atom is -0.00201 e. The van der Waals surface area contributed by atoms with E-state index in [0.717, 1.165) is 0 Å². The van der Waals surface area contributed by atoms with Gasteiger partial charge in [0, 0.05) is 0 Å². The zero-order valence-electron chi connectivity index (χ0n) is 20.7. The Labute approximate surface area is 221 Å². The van der Waals surface area contributed by atoms with Gasteiger partial charge in [-0.1, -0.05) is 127 Å². The lowest BCUT2D eigenvalue weighted by molar-refractivity contribution is 1.63. The molecule has 0 spiro atoms. The molecule has 7 aromatic rings. The Balaban J connectivity index is 1.25. The van der Waals surface area contributed by atoms with Gasteiger partial charge in [-0.25, -0.2) is 0 Å². The lowest BCUT2D eigenvalue weighted by Crippen LogP contribution is -1.87. The highest BCUT2D eigenvalue weighted by Gasteiger charge is 2.24. The van der Waals surface area contributed by atoms with Crippen molar-refractivity contribution in [2.45, 2.75) is 0 Å². The minimum Gasteiger partial charge on any atom is -0.0616 e. The van der Waals surface area contributed by atoms with E-state index in [1.54, 1.807) is 0 Å². The van der Waals surface area contributed by atoms with Crippen molar-refractivity contribution in [3.63, 3.8) is 0 Å². The first kappa shape index (κ1) is 20.2. The van der Waals surface area contributed by atoms with E-state index in [0.29, 0.717) is 0 Å². The largest absolute Gasteiger partial charge is 0.0616 e. The van der Waals surface area contributed by atoms with Gasteiger partial charge in [0.05, 0.1) is 0 Å². The fraction of sp³-hybridized carbons (Fsp3) is 0. The molecule has 7 aromatic carbocycles. The molecule has 9 rings (SSSR count). The average molecular weight is 479 g/mol. The van der Waals surface area contributed by atoms with E-state index < -0.39 is 0 Å². The molecule has 0 N–H and O–H groups in total. The number of rotatable bonds is 2. The number of benzene rings is 7. The van der Waals surface area contributed by atoms with Crippen LogP contribution in [0.15, 0.2) is 133 Å². The van der Waals surface area contributed by atoms with Crippen LogP contribution in [0, 0.1) is 0 Å². The van der Waals surface area contributed by atoms with E-state index >= 15 is 0 Å². The number of fused-ring (bicyclic) bond motifs is 6. The van der Waals surface area contributed by atoms with Gasteiger partial charge in [-0.15, -0.1) is 0 Å². The predicted octanol–water partition coefficient (Wildman–Crippen LogP) is 10.6. The van der Waals surface area contributed by atoms with E-state index in [9.17, 15) is 0 Å². The van der Waals surface area contributed by atoms with Crippen molar-refractivity contribution in [2.24, 2.45) is 0 Å². The van der Waals surface area contributed by atoms with Gasteiger partial charge >= 0.3 is 0 Å². The molecule has 174 valence electrons. The van der Waals surface area contributed by atoms with E-state index in [1.807, 2.05) is 0 Å². The summed E-state index contributed by atoms with van der Waals surface area (Å²) in [7, 11) is 0.